The molecule has 0 aliphatic rings. The van der Waals surface area contributed by atoms with Crippen LogP contribution in [0.15, 0.2) is 34.8 Å². The maximum absolute atomic E-state index is 14.0. The van der Waals surface area contributed by atoms with Crippen molar-refractivity contribution in [3.8, 4) is 11.5 Å². The normalized spacial score (nSPS) is 10.3. The second kappa shape index (κ2) is 6.22. The van der Waals surface area contributed by atoms with Gasteiger partial charge in [0.25, 0.3) is 0 Å². The minimum atomic E-state index is -0.806. The molecule has 0 spiro atoms. The fraction of sp³-hybridized carbons (Fsp3) is 0.133. The van der Waals surface area contributed by atoms with Crippen molar-refractivity contribution in [3.05, 3.63) is 57.6 Å². The van der Waals surface area contributed by atoms with E-state index in [0.29, 0.717) is 4.47 Å². The van der Waals surface area contributed by atoms with E-state index < -0.39 is 17.4 Å². The van der Waals surface area contributed by atoms with Crippen LogP contribution < -0.4 is 9.47 Å². The smallest absolute Gasteiger partial charge is 0.199 e. The monoisotopic (exact) mass is 356 g/mol. The Hall–Kier alpha value is -1.95. The summed E-state index contributed by atoms with van der Waals surface area (Å²) in [5.74, 6) is -1.95. The number of rotatable bonds is 4. The van der Waals surface area contributed by atoms with E-state index in [1.54, 1.807) is 0 Å². The molecule has 0 N–H and O–H groups in total. The first-order valence-corrected chi connectivity index (χ1v) is 6.68. The van der Waals surface area contributed by atoms with Crippen molar-refractivity contribution in [1.29, 1.82) is 0 Å². The lowest BCUT2D eigenvalue weighted by Crippen LogP contribution is -2.08. The van der Waals surface area contributed by atoms with Gasteiger partial charge in [-0.1, -0.05) is 15.9 Å². The van der Waals surface area contributed by atoms with E-state index in [1.807, 2.05) is 0 Å². The molecule has 0 heterocycles. The number of hydrogen-bond acceptors (Lipinski definition) is 3. The number of carbonyl (C=O) groups excluding carboxylic acids is 1. The summed E-state index contributed by atoms with van der Waals surface area (Å²) >= 11 is 3.10. The molecule has 0 saturated carbocycles. The second-order valence-corrected chi connectivity index (χ2v) is 5.06. The lowest BCUT2D eigenvalue weighted by Gasteiger charge is -2.11. The van der Waals surface area contributed by atoms with E-state index in [-0.39, 0.29) is 22.6 Å². The standard InChI is InChI=1S/C15H11BrF2O3/c1-20-13-6-10(12(18)7-14(13)21-2)15(19)9-4-3-8(16)5-11(9)17/h3-7H,1-2H3. The molecule has 6 heteroatoms. The van der Waals surface area contributed by atoms with Crippen LogP contribution in [-0.2, 0) is 0 Å². The lowest BCUT2D eigenvalue weighted by atomic mass is 10.0. The van der Waals surface area contributed by atoms with Crippen LogP contribution in [0.25, 0.3) is 0 Å². The fourth-order valence-electron chi connectivity index (χ4n) is 1.85. The van der Waals surface area contributed by atoms with E-state index in [1.165, 1.54) is 32.4 Å². The Kier molecular flexibility index (Phi) is 4.57. The van der Waals surface area contributed by atoms with Crippen LogP contribution in [0.3, 0.4) is 0 Å². The summed E-state index contributed by atoms with van der Waals surface area (Å²) in [4.78, 5) is 12.3. The van der Waals surface area contributed by atoms with Crippen LogP contribution in [0.2, 0.25) is 0 Å². The highest BCUT2D eigenvalue weighted by Gasteiger charge is 2.21. The quantitative estimate of drug-likeness (QED) is 0.777. The number of methoxy groups -OCH3 is 2. The zero-order valence-corrected chi connectivity index (χ0v) is 12.8. The zero-order chi connectivity index (χ0) is 15.6. The van der Waals surface area contributed by atoms with E-state index >= 15 is 0 Å². The molecule has 0 atom stereocenters. The first-order chi connectivity index (χ1) is 9.97. The average Bonchev–Trinajstić information content (AvgIpc) is 2.46. The van der Waals surface area contributed by atoms with Gasteiger partial charge in [-0.15, -0.1) is 0 Å². The lowest BCUT2D eigenvalue weighted by molar-refractivity contribution is 0.103. The SMILES string of the molecule is COc1cc(F)c(C(=O)c2ccc(Br)cc2F)cc1OC. The van der Waals surface area contributed by atoms with Crippen molar-refractivity contribution in [2.75, 3.05) is 14.2 Å². The highest BCUT2D eigenvalue weighted by molar-refractivity contribution is 9.10. The Bertz CT molecular complexity index is 702. The molecular formula is C15H11BrF2O3. The Morgan fingerprint density at radius 2 is 1.52 bits per heavy atom. The summed E-state index contributed by atoms with van der Waals surface area (Å²) in [6, 6.07) is 6.17. The van der Waals surface area contributed by atoms with Gasteiger partial charge in [0, 0.05) is 10.5 Å². The highest BCUT2D eigenvalue weighted by atomic mass is 79.9. The summed E-state index contributed by atoms with van der Waals surface area (Å²) in [6.07, 6.45) is 0. The number of ether oxygens (including phenoxy) is 2. The highest BCUT2D eigenvalue weighted by Crippen LogP contribution is 2.31. The van der Waals surface area contributed by atoms with Crippen LogP contribution >= 0.6 is 15.9 Å². The number of carbonyl (C=O) groups is 1. The molecule has 3 nitrogen and oxygen atoms in total. The van der Waals surface area contributed by atoms with Crippen molar-refractivity contribution < 1.29 is 23.0 Å². The summed E-state index contributed by atoms with van der Waals surface area (Å²) in [5, 5.41) is 0. The van der Waals surface area contributed by atoms with Crippen molar-refractivity contribution in [1.82, 2.24) is 0 Å². The first-order valence-electron chi connectivity index (χ1n) is 5.89. The largest absolute Gasteiger partial charge is 0.493 e. The van der Waals surface area contributed by atoms with Gasteiger partial charge in [0.1, 0.15) is 11.6 Å². The number of ketones is 1. The van der Waals surface area contributed by atoms with E-state index in [0.717, 1.165) is 12.1 Å². The number of benzene rings is 2. The predicted octanol–water partition coefficient (Wildman–Crippen LogP) is 3.98. The molecule has 0 aliphatic carbocycles. The molecular weight excluding hydrogens is 346 g/mol. The van der Waals surface area contributed by atoms with Crippen molar-refractivity contribution in [2.24, 2.45) is 0 Å². The van der Waals surface area contributed by atoms with Crippen LogP contribution in [0.4, 0.5) is 8.78 Å². The molecule has 0 fully saturated rings. The molecule has 2 aromatic carbocycles. The summed E-state index contributed by atoms with van der Waals surface area (Å²) < 4.78 is 38.3. The van der Waals surface area contributed by atoms with E-state index in [9.17, 15) is 13.6 Å². The zero-order valence-electron chi connectivity index (χ0n) is 11.2. The Balaban J connectivity index is 2.53. The minimum Gasteiger partial charge on any atom is -0.493 e. The Morgan fingerprint density at radius 1 is 0.952 bits per heavy atom. The third-order valence-corrected chi connectivity index (χ3v) is 3.39. The van der Waals surface area contributed by atoms with Gasteiger partial charge in [0.15, 0.2) is 17.3 Å². The van der Waals surface area contributed by atoms with E-state index in [2.05, 4.69) is 15.9 Å². The molecule has 2 aromatic rings. The molecule has 0 unspecified atom stereocenters. The van der Waals surface area contributed by atoms with Crippen LogP contribution in [-0.4, -0.2) is 20.0 Å². The third kappa shape index (κ3) is 3.05. The topological polar surface area (TPSA) is 35.5 Å². The third-order valence-electron chi connectivity index (χ3n) is 2.89. The molecule has 0 amide bonds. The van der Waals surface area contributed by atoms with Gasteiger partial charge in [0.2, 0.25) is 0 Å². The maximum atomic E-state index is 14.0. The van der Waals surface area contributed by atoms with Crippen LogP contribution in [0.5, 0.6) is 11.5 Å². The summed E-state index contributed by atoms with van der Waals surface area (Å²) in [6.45, 7) is 0. The minimum absolute atomic E-state index is 0.155. The van der Waals surface area contributed by atoms with Gasteiger partial charge in [-0.3, -0.25) is 4.79 Å². The van der Waals surface area contributed by atoms with Crippen LogP contribution in [0.1, 0.15) is 15.9 Å². The van der Waals surface area contributed by atoms with Gasteiger partial charge in [-0.2, -0.15) is 0 Å². The molecule has 0 aliphatic heterocycles. The first kappa shape index (κ1) is 15.4. The second-order valence-electron chi connectivity index (χ2n) is 4.14. The van der Waals surface area contributed by atoms with Crippen molar-refractivity contribution >= 4 is 21.7 Å². The molecule has 0 saturated heterocycles. The van der Waals surface area contributed by atoms with Crippen molar-refractivity contribution in [3.63, 3.8) is 0 Å². The molecule has 110 valence electrons. The van der Waals surface area contributed by atoms with Gasteiger partial charge in [-0.05, 0) is 24.3 Å². The fourth-order valence-corrected chi connectivity index (χ4v) is 2.18. The molecule has 2 rings (SSSR count). The van der Waals surface area contributed by atoms with Crippen molar-refractivity contribution in [2.45, 2.75) is 0 Å². The van der Waals surface area contributed by atoms with Gasteiger partial charge in [-0.25, -0.2) is 8.78 Å². The summed E-state index contributed by atoms with van der Waals surface area (Å²) in [7, 11) is 2.72. The molecule has 0 bridgehead atoms. The summed E-state index contributed by atoms with van der Waals surface area (Å²) in [5.41, 5.74) is -0.502. The van der Waals surface area contributed by atoms with Crippen LogP contribution in [0, 0.1) is 11.6 Å². The average molecular weight is 357 g/mol. The van der Waals surface area contributed by atoms with Gasteiger partial charge in [0.05, 0.1) is 25.3 Å². The number of hydrogen-bond donors (Lipinski definition) is 0. The number of halogens is 3. The van der Waals surface area contributed by atoms with E-state index in [4.69, 9.17) is 9.47 Å². The molecule has 21 heavy (non-hydrogen) atoms. The predicted molar refractivity (Wildman–Crippen MR) is 77.0 cm³/mol. The molecule has 0 aromatic heterocycles. The maximum Gasteiger partial charge on any atom is 0.199 e. The Labute approximate surface area is 128 Å². The van der Waals surface area contributed by atoms with Gasteiger partial charge >= 0.3 is 0 Å². The van der Waals surface area contributed by atoms with Gasteiger partial charge < -0.3 is 9.47 Å². The Morgan fingerprint density at radius 3 is 2.10 bits per heavy atom. The molecule has 0 radical (unpaired) electrons.